The van der Waals surface area contributed by atoms with Crippen LogP contribution in [0.4, 0.5) is 17.2 Å². The van der Waals surface area contributed by atoms with E-state index in [1.807, 2.05) is 55.5 Å². The molecule has 0 radical (unpaired) electrons. The van der Waals surface area contributed by atoms with Gasteiger partial charge in [0.1, 0.15) is 11.5 Å². The number of aromatic nitrogens is 3. The van der Waals surface area contributed by atoms with Crippen molar-refractivity contribution in [3.63, 3.8) is 0 Å². The number of nitrogen functional groups attached to an aromatic ring is 1. The van der Waals surface area contributed by atoms with E-state index < -0.39 is 0 Å². The fraction of sp³-hybridized carbons (Fsp3) is 0.167. The van der Waals surface area contributed by atoms with Crippen LogP contribution in [0.25, 0.3) is 23.0 Å². The highest BCUT2D eigenvalue weighted by atomic mass is 32.2. The number of nitrogens with two attached hydrogens (primary N) is 1. The molecule has 1 aliphatic carbocycles. The molecule has 9 heteroatoms. The van der Waals surface area contributed by atoms with Crippen LogP contribution in [-0.4, -0.2) is 21.0 Å². The Hall–Kier alpha value is -3.85. The molecule has 1 aliphatic rings. The molecule has 4 N–H and O–H groups in total. The normalized spacial score (nSPS) is 14.0. The highest BCUT2D eigenvalue weighted by Crippen LogP contribution is 2.45. The smallest absolute Gasteiger partial charge is 0.276 e. The van der Waals surface area contributed by atoms with Gasteiger partial charge in [0.2, 0.25) is 11.7 Å². The predicted octanol–water partition coefficient (Wildman–Crippen LogP) is 5.24. The summed E-state index contributed by atoms with van der Waals surface area (Å²) in [5.41, 5.74) is 8.58. The van der Waals surface area contributed by atoms with E-state index in [2.05, 4.69) is 25.2 Å². The summed E-state index contributed by atoms with van der Waals surface area (Å²) in [4.78, 5) is 21.9. The summed E-state index contributed by atoms with van der Waals surface area (Å²) >= 11 is 1.48. The van der Waals surface area contributed by atoms with Crippen molar-refractivity contribution in [3.8, 4) is 23.0 Å². The van der Waals surface area contributed by atoms with E-state index in [9.17, 15) is 4.79 Å². The van der Waals surface area contributed by atoms with Crippen LogP contribution in [0.1, 0.15) is 19.8 Å². The number of benzene rings is 2. The number of hydrogen-bond donors (Lipinski definition) is 3. The van der Waals surface area contributed by atoms with Gasteiger partial charge in [-0.2, -0.15) is 4.98 Å². The molecular weight excluding hydrogens is 436 g/mol. The number of amides is 1. The summed E-state index contributed by atoms with van der Waals surface area (Å²) in [6, 6.07) is 20.8. The summed E-state index contributed by atoms with van der Waals surface area (Å²) in [6.45, 7) is 1.99. The Morgan fingerprint density at radius 3 is 2.55 bits per heavy atom. The topological polar surface area (TPSA) is 119 Å². The maximum atomic E-state index is 12.3. The van der Waals surface area contributed by atoms with Crippen molar-refractivity contribution in [3.05, 3.63) is 66.7 Å². The number of carbonyl (C=O) groups excluding carboxylic acids is 1. The lowest BCUT2D eigenvalue weighted by Crippen LogP contribution is -2.21. The SMILES string of the molecule is CC1(C(=O)Nc2cccc(NSc3ccc(-c4noc(-c5cccc(N)n5)n4)cc3)c2)CC1. The van der Waals surface area contributed by atoms with Gasteiger partial charge in [-0.25, -0.2) is 4.98 Å². The minimum atomic E-state index is -0.204. The monoisotopic (exact) mass is 458 g/mol. The number of nitrogens with one attached hydrogen (secondary N) is 2. The maximum Gasteiger partial charge on any atom is 0.276 e. The molecule has 1 fully saturated rings. The summed E-state index contributed by atoms with van der Waals surface area (Å²) in [5.74, 6) is 1.27. The highest BCUT2D eigenvalue weighted by Gasteiger charge is 2.44. The van der Waals surface area contributed by atoms with Crippen molar-refractivity contribution < 1.29 is 9.32 Å². The average molecular weight is 459 g/mol. The van der Waals surface area contributed by atoms with Crippen molar-refractivity contribution in [1.82, 2.24) is 15.1 Å². The quantitative estimate of drug-likeness (QED) is 0.322. The first kappa shape index (κ1) is 21.0. The summed E-state index contributed by atoms with van der Waals surface area (Å²) in [5, 5.41) is 7.05. The van der Waals surface area contributed by atoms with Crippen LogP contribution in [0.2, 0.25) is 0 Å². The van der Waals surface area contributed by atoms with E-state index >= 15 is 0 Å². The molecular formula is C24H22N6O2S. The summed E-state index contributed by atoms with van der Waals surface area (Å²) < 4.78 is 8.65. The number of pyridine rings is 1. The van der Waals surface area contributed by atoms with Crippen LogP contribution >= 0.6 is 11.9 Å². The van der Waals surface area contributed by atoms with Crippen LogP contribution in [0, 0.1) is 5.41 Å². The van der Waals surface area contributed by atoms with Gasteiger partial charge in [0.15, 0.2) is 0 Å². The Morgan fingerprint density at radius 1 is 1.03 bits per heavy atom. The van der Waals surface area contributed by atoms with Gasteiger partial charge < -0.3 is 20.3 Å². The van der Waals surface area contributed by atoms with Gasteiger partial charge in [-0.05, 0) is 79.4 Å². The Bertz CT molecular complexity index is 1300. The van der Waals surface area contributed by atoms with Crippen LogP contribution in [0.15, 0.2) is 76.1 Å². The van der Waals surface area contributed by atoms with Crippen molar-refractivity contribution >= 4 is 35.0 Å². The fourth-order valence-corrected chi connectivity index (χ4v) is 3.80. The molecule has 33 heavy (non-hydrogen) atoms. The minimum Gasteiger partial charge on any atom is -0.384 e. The molecule has 0 unspecified atom stereocenters. The molecule has 2 aromatic heterocycles. The zero-order chi connectivity index (χ0) is 22.8. The number of anilines is 3. The molecule has 1 saturated carbocycles. The Kier molecular flexibility index (Phi) is 5.47. The third kappa shape index (κ3) is 4.83. The molecule has 166 valence electrons. The van der Waals surface area contributed by atoms with Crippen molar-refractivity contribution in [2.24, 2.45) is 5.41 Å². The standard InChI is InChI=1S/C24H22N6O2S/c1-24(12-13-24)23(31)26-16-4-2-5-17(14-16)30-33-18-10-8-15(9-11-18)21-28-22(32-29-21)19-6-3-7-20(25)27-19/h2-11,14,30H,12-13H2,1H3,(H2,25,27)(H,26,31). The van der Waals surface area contributed by atoms with Gasteiger partial charge in [0.25, 0.3) is 5.89 Å². The van der Waals surface area contributed by atoms with Crippen molar-refractivity contribution in [2.45, 2.75) is 24.7 Å². The Labute approximate surface area is 195 Å². The lowest BCUT2D eigenvalue weighted by atomic mass is 10.1. The maximum absolute atomic E-state index is 12.3. The van der Waals surface area contributed by atoms with Gasteiger partial charge in [-0.15, -0.1) is 0 Å². The van der Waals surface area contributed by atoms with E-state index in [-0.39, 0.29) is 11.3 Å². The van der Waals surface area contributed by atoms with Gasteiger partial charge >= 0.3 is 0 Å². The summed E-state index contributed by atoms with van der Waals surface area (Å²) in [7, 11) is 0. The zero-order valence-corrected chi connectivity index (χ0v) is 18.7. The molecule has 0 bridgehead atoms. The second kappa shape index (κ2) is 8.59. The highest BCUT2D eigenvalue weighted by molar-refractivity contribution is 8.00. The van der Waals surface area contributed by atoms with E-state index in [1.165, 1.54) is 11.9 Å². The largest absolute Gasteiger partial charge is 0.384 e. The predicted molar refractivity (Wildman–Crippen MR) is 129 cm³/mol. The van der Waals surface area contributed by atoms with Crippen LogP contribution in [0.5, 0.6) is 0 Å². The molecule has 0 spiro atoms. The van der Waals surface area contributed by atoms with Gasteiger partial charge in [-0.1, -0.05) is 24.2 Å². The number of rotatable bonds is 7. The number of carbonyl (C=O) groups is 1. The number of nitrogens with zero attached hydrogens (tertiary/aromatic N) is 3. The molecule has 1 amide bonds. The van der Waals surface area contributed by atoms with Crippen LogP contribution in [0.3, 0.4) is 0 Å². The first-order valence-electron chi connectivity index (χ1n) is 10.5. The number of hydrogen-bond acceptors (Lipinski definition) is 8. The fourth-order valence-electron chi connectivity index (χ4n) is 3.16. The minimum absolute atomic E-state index is 0.0824. The molecule has 2 aromatic carbocycles. The Balaban J connectivity index is 1.21. The van der Waals surface area contributed by atoms with E-state index in [4.69, 9.17) is 10.3 Å². The molecule has 5 rings (SSSR count). The lowest BCUT2D eigenvalue weighted by molar-refractivity contribution is -0.120. The molecule has 4 aromatic rings. The van der Waals surface area contributed by atoms with E-state index in [1.54, 1.807) is 18.2 Å². The Morgan fingerprint density at radius 2 is 1.79 bits per heavy atom. The van der Waals surface area contributed by atoms with Crippen LogP contribution in [-0.2, 0) is 4.79 Å². The third-order valence-electron chi connectivity index (χ3n) is 5.48. The van der Waals surface area contributed by atoms with Crippen LogP contribution < -0.4 is 15.8 Å². The molecule has 0 saturated heterocycles. The van der Waals surface area contributed by atoms with Crippen molar-refractivity contribution in [2.75, 3.05) is 15.8 Å². The second-order valence-corrected chi connectivity index (χ2v) is 9.07. The summed E-state index contributed by atoms with van der Waals surface area (Å²) in [6.07, 6.45) is 1.90. The van der Waals surface area contributed by atoms with Crippen molar-refractivity contribution in [1.29, 1.82) is 0 Å². The molecule has 0 aliphatic heterocycles. The van der Waals surface area contributed by atoms with Gasteiger partial charge in [0, 0.05) is 27.2 Å². The third-order valence-corrected chi connectivity index (χ3v) is 6.33. The average Bonchev–Trinajstić information content (AvgIpc) is 3.39. The van der Waals surface area contributed by atoms with Gasteiger partial charge in [0.05, 0.1) is 0 Å². The zero-order valence-electron chi connectivity index (χ0n) is 17.9. The molecule has 8 nitrogen and oxygen atoms in total. The first-order valence-corrected chi connectivity index (χ1v) is 11.3. The van der Waals surface area contributed by atoms with E-state index in [0.29, 0.717) is 23.2 Å². The first-order chi connectivity index (χ1) is 16.0. The second-order valence-electron chi connectivity index (χ2n) is 8.19. The van der Waals surface area contributed by atoms with E-state index in [0.717, 1.165) is 34.7 Å². The lowest BCUT2D eigenvalue weighted by Gasteiger charge is -2.12. The molecule has 0 atom stereocenters. The molecule has 2 heterocycles. The van der Waals surface area contributed by atoms with Gasteiger partial charge in [-0.3, -0.25) is 4.79 Å².